The minimum atomic E-state index is 0.279. The van der Waals surface area contributed by atoms with Gasteiger partial charge in [-0.2, -0.15) is 4.98 Å². The second-order valence-electron chi connectivity index (χ2n) is 8.35. The summed E-state index contributed by atoms with van der Waals surface area (Å²) in [5, 5.41) is 2.58. The molecule has 0 amide bonds. The summed E-state index contributed by atoms with van der Waals surface area (Å²) in [5.41, 5.74) is 5.23. The van der Waals surface area contributed by atoms with Gasteiger partial charge in [-0.3, -0.25) is 9.99 Å². The summed E-state index contributed by atoms with van der Waals surface area (Å²) in [6.07, 6.45) is 11.4. The van der Waals surface area contributed by atoms with Crippen molar-refractivity contribution in [3.8, 4) is 0 Å². The van der Waals surface area contributed by atoms with Crippen molar-refractivity contribution in [1.82, 2.24) is 24.5 Å². The molecule has 1 saturated carbocycles. The molecule has 1 N–H and O–H groups in total. The van der Waals surface area contributed by atoms with Gasteiger partial charge in [0.2, 0.25) is 11.2 Å². The maximum atomic E-state index is 6.09. The summed E-state index contributed by atoms with van der Waals surface area (Å²) < 4.78 is 8.34. The number of anilines is 1. The Balaban J connectivity index is 1.46. The van der Waals surface area contributed by atoms with E-state index in [1.54, 1.807) is 6.20 Å². The van der Waals surface area contributed by atoms with E-state index >= 15 is 0 Å². The fourth-order valence-corrected chi connectivity index (χ4v) is 4.97. The first-order chi connectivity index (χ1) is 14.2. The number of hydrogen-bond acceptors (Lipinski definition) is 6. The molecule has 2 aliphatic rings. The molecule has 3 heterocycles. The molecule has 1 aliphatic heterocycles. The van der Waals surface area contributed by atoms with Crippen molar-refractivity contribution in [2.75, 3.05) is 25.1 Å². The van der Waals surface area contributed by atoms with Crippen molar-refractivity contribution >= 4 is 28.7 Å². The molecule has 1 unspecified atom stereocenters. The average molecular weight is 421 g/mol. The van der Waals surface area contributed by atoms with E-state index in [0.29, 0.717) is 18.1 Å². The van der Waals surface area contributed by atoms with Gasteiger partial charge in [0.15, 0.2) is 5.65 Å². The molecule has 1 saturated heterocycles. The number of hydrogen-bond donors (Lipinski definition) is 1. The fraction of sp³-hybridized carbons (Fsp3) is 0.762. The van der Waals surface area contributed by atoms with Crippen LogP contribution < -0.4 is 5.43 Å². The second-order valence-corrected chi connectivity index (χ2v) is 8.68. The van der Waals surface area contributed by atoms with Crippen LogP contribution in [0.1, 0.15) is 71.3 Å². The highest BCUT2D eigenvalue weighted by Gasteiger charge is 2.28. The second kappa shape index (κ2) is 9.58. The standard InChI is InChI=1S/C21H33ClN6O/c1-3-13-29-18(4-2)15-9-11-27(12-10-15)26-21-24-17-14-23-20(22)25-19(17)28(21)16-7-5-6-8-16/h14-16,18H,3-13H2,1-2H3,(H,24,26). The van der Waals surface area contributed by atoms with Gasteiger partial charge in [-0.15, -0.1) is 0 Å². The SMILES string of the molecule is CCCOC(CC)C1CCN(Nc2nc3cnc(Cl)nc3n2C2CCCC2)CC1. The highest BCUT2D eigenvalue weighted by atomic mass is 35.5. The van der Waals surface area contributed by atoms with Gasteiger partial charge < -0.3 is 4.74 Å². The van der Waals surface area contributed by atoms with Crippen molar-refractivity contribution in [3.63, 3.8) is 0 Å². The number of ether oxygens (including phenoxy) is 1. The van der Waals surface area contributed by atoms with Crippen LogP contribution in [0.3, 0.4) is 0 Å². The first kappa shape index (κ1) is 20.8. The first-order valence-corrected chi connectivity index (χ1v) is 11.6. The number of nitrogens with one attached hydrogen (secondary N) is 1. The van der Waals surface area contributed by atoms with E-state index in [9.17, 15) is 0 Å². The number of rotatable bonds is 8. The van der Waals surface area contributed by atoms with Crippen molar-refractivity contribution < 1.29 is 4.74 Å². The molecule has 2 aromatic rings. The van der Waals surface area contributed by atoms with E-state index in [0.717, 1.165) is 75.3 Å². The average Bonchev–Trinajstić information content (AvgIpc) is 3.37. The molecular formula is C21H33ClN6O. The van der Waals surface area contributed by atoms with Gasteiger partial charge in [-0.05, 0) is 56.0 Å². The van der Waals surface area contributed by atoms with E-state index in [2.05, 4.69) is 38.8 Å². The maximum absolute atomic E-state index is 6.09. The molecule has 2 fully saturated rings. The Morgan fingerprint density at radius 1 is 1.17 bits per heavy atom. The van der Waals surface area contributed by atoms with Gasteiger partial charge in [-0.1, -0.05) is 26.7 Å². The van der Waals surface area contributed by atoms with Gasteiger partial charge in [0.05, 0.1) is 12.3 Å². The highest BCUT2D eigenvalue weighted by molar-refractivity contribution is 6.28. The van der Waals surface area contributed by atoms with Gasteiger partial charge in [-0.25, -0.2) is 15.0 Å². The zero-order chi connectivity index (χ0) is 20.2. The molecule has 29 heavy (non-hydrogen) atoms. The third-order valence-corrected chi connectivity index (χ3v) is 6.54. The van der Waals surface area contributed by atoms with Gasteiger partial charge in [0.1, 0.15) is 5.52 Å². The van der Waals surface area contributed by atoms with Crippen molar-refractivity contribution in [2.24, 2.45) is 5.92 Å². The van der Waals surface area contributed by atoms with E-state index in [4.69, 9.17) is 21.3 Å². The smallest absolute Gasteiger partial charge is 0.224 e. The van der Waals surface area contributed by atoms with Crippen LogP contribution in [-0.2, 0) is 4.74 Å². The number of fused-ring (bicyclic) bond motifs is 1. The molecular weight excluding hydrogens is 388 g/mol. The van der Waals surface area contributed by atoms with E-state index in [-0.39, 0.29) is 5.28 Å². The van der Waals surface area contributed by atoms with Crippen LogP contribution in [0.5, 0.6) is 0 Å². The zero-order valence-corrected chi connectivity index (χ0v) is 18.4. The summed E-state index contributed by atoms with van der Waals surface area (Å²) in [6, 6.07) is 0.429. The van der Waals surface area contributed by atoms with Crippen LogP contribution in [0.4, 0.5) is 5.95 Å². The third kappa shape index (κ3) is 4.67. The van der Waals surface area contributed by atoms with E-state index < -0.39 is 0 Å². The highest BCUT2D eigenvalue weighted by Crippen LogP contribution is 2.35. The number of imidazole rings is 1. The van der Waals surface area contributed by atoms with Crippen LogP contribution in [0.2, 0.25) is 5.28 Å². The van der Waals surface area contributed by atoms with Crippen molar-refractivity contribution in [3.05, 3.63) is 11.5 Å². The summed E-state index contributed by atoms with van der Waals surface area (Å²) in [5.74, 6) is 1.51. The number of nitrogens with zero attached hydrogens (tertiary/aromatic N) is 5. The normalized spacial score (nSPS) is 20.5. The molecule has 8 heteroatoms. The molecule has 0 aromatic carbocycles. The Labute approximate surface area is 178 Å². The predicted molar refractivity (Wildman–Crippen MR) is 116 cm³/mol. The lowest BCUT2D eigenvalue weighted by atomic mass is 9.90. The molecule has 4 rings (SSSR count). The Kier molecular flexibility index (Phi) is 6.88. The number of aromatic nitrogens is 4. The molecule has 1 aliphatic carbocycles. The Hall–Kier alpha value is -1.44. The summed E-state index contributed by atoms with van der Waals surface area (Å²) in [4.78, 5) is 13.4. The van der Waals surface area contributed by atoms with Crippen molar-refractivity contribution in [1.29, 1.82) is 0 Å². The summed E-state index contributed by atoms with van der Waals surface area (Å²) in [7, 11) is 0. The van der Waals surface area contributed by atoms with Gasteiger partial charge >= 0.3 is 0 Å². The van der Waals surface area contributed by atoms with Crippen LogP contribution in [0.25, 0.3) is 11.2 Å². The van der Waals surface area contributed by atoms with Gasteiger partial charge in [0.25, 0.3) is 0 Å². The minimum absolute atomic E-state index is 0.279. The fourth-order valence-electron chi connectivity index (χ4n) is 4.84. The Bertz CT molecular complexity index is 798. The Morgan fingerprint density at radius 2 is 1.93 bits per heavy atom. The Morgan fingerprint density at radius 3 is 2.62 bits per heavy atom. The van der Waals surface area contributed by atoms with Crippen LogP contribution >= 0.6 is 11.6 Å². The van der Waals surface area contributed by atoms with Crippen LogP contribution in [0, 0.1) is 5.92 Å². The predicted octanol–water partition coefficient (Wildman–Crippen LogP) is 4.84. The molecule has 7 nitrogen and oxygen atoms in total. The third-order valence-electron chi connectivity index (χ3n) is 6.36. The molecule has 160 valence electrons. The van der Waals surface area contributed by atoms with Gasteiger partial charge in [0, 0.05) is 25.7 Å². The maximum Gasteiger partial charge on any atom is 0.224 e. The first-order valence-electron chi connectivity index (χ1n) is 11.2. The minimum Gasteiger partial charge on any atom is -0.378 e. The largest absolute Gasteiger partial charge is 0.378 e. The summed E-state index contributed by atoms with van der Waals surface area (Å²) >= 11 is 6.09. The monoisotopic (exact) mass is 420 g/mol. The molecule has 0 radical (unpaired) electrons. The van der Waals surface area contributed by atoms with E-state index in [1.165, 1.54) is 12.8 Å². The molecule has 1 atom stereocenters. The number of hydrazine groups is 1. The van der Waals surface area contributed by atoms with E-state index in [1.807, 2.05) is 0 Å². The van der Waals surface area contributed by atoms with Crippen LogP contribution in [0.15, 0.2) is 6.20 Å². The zero-order valence-electron chi connectivity index (χ0n) is 17.6. The molecule has 0 spiro atoms. The molecule has 2 aromatic heterocycles. The topological polar surface area (TPSA) is 68.1 Å². The quantitative estimate of drug-likeness (QED) is 0.616. The molecule has 0 bridgehead atoms. The lowest BCUT2D eigenvalue weighted by Crippen LogP contribution is -2.42. The van der Waals surface area contributed by atoms with Crippen LogP contribution in [-0.4, -0.2) is 50.3 Å². The number of halogens is 1. The summed E-state index contributed by atoms with van der Waals surface area (Å²) in [6.45, 7) is 7.27. The lowest BCUT2D eigenvalue weighted by molar-refractivity contribution is -0.00899. The lowest BCUT2D eigenvalue weighted by Gasteiger charge is -2.36. The number of piperidine rings is 1. The van der Waals surface area contributed by atoms with Crippen molar-refractivity contribution in [2.45, 2.75) is 77.4 Å².